The SMILES string of the molecule is COc1cc(/C=N/NC(=O)c2ccccc2-n2cccc2)ccc1OCc1ccc(Cl)cc1Cl. The molecule has 0 unspecified atom stereocenters. The Morgan fingerprint density at radius 2 is 1.79 bits per heavy atom. The predicted molar refractivity (Wildman–Crippen MR) is 135 cm³/mol. The van der Waals surface area contributed by atoms with Gasteiger partial charge in [-0.3, -0.25) is 4.79 Å². The number of rotatable bonds is 8. The lowest BCUT2D eigenvalue weighted by atomic mass is 10.1. The Balaban J connectivity index is 1.42. The van der Waals surface area contributed by atoms with Crippen LogP contribution in [-0.2, 0) is 6.61 Å². The second-order valence-electron chi connectivity index (χ2n) is 7.24. The van der Waals surface area contributed by atoms with Gasteiger partial charge in [-0.1, -0.05) is 41.4 Å². The third kappa shape index (κ3) is 5.60. The van der Waals surface area contributed by atoms with Crippen LogP contribution in [0.3, 0.4) is 0 Å². The van der Waals surface area contributed by atoms with Gasteiger partial charge < -0.3 is 14.0 Å². The molecule has 0 aliphatic rings. The van der Waals surface area contributed by atoms with Crippen LogP contribution in [0, 0.1) is 0 Å². The fourth-order valence-electron chi connectivity index (χ4n) is 3.29. The Morgan fingerprint density at radius 3 is 2.56 bits per heavy atom. The molecule has 0 atom stereocenters. The Labute approximate surface area is 207 Å². The smallest absolute Gasteiger partial charge is 0.273 e. The Bertz CT molecular complexity index is 1320. The summed E-state index contributed by atoms with van der Waals surface area (Å²) < 4.78 is 13.2. The van der Waals surface area contributed by atoms with Gasteiger partial charge in [0.1, 0.15) is 6.61 Å². The number of carbonyl (C=O) groups is 1. The van der Waals surface area contributed by atoms with Gasteiger partial charge in [0, 0.05) is 28.0 Å². The van der Waals surface area contributed by atoms with Crippen molar-refractivity contribution < 1.29 is 14.3 Å². The zero-order chi connectivity index (χ0) is 23.9. The fraction of sp³-hybridized carbons (Fsp3) is 0.0769. The van der Waals surface area contributed by atoms with Crippen molar-refractivity contribution in [3.63, 3.8) is 0 Å². The summed E-state index contributed by atoms with van der Waals surface area (Å²) in [5, 5.41) is 5.20. The monoisotopic (exact) mass is 493 g/mol. The van der Waals surface area contributed by atoms with E-state index in [1.165, 1.54) is 0 Å². The van der Waals surface area contributed by atoms with Gasteiger partial charge in [0.2, 0.25) is 0 Å². The zero-order valence-corrected chi connectivity index (χ0v) is 19.8. The number of benzene rings is 3. The van der Waals surface area contributed by atoms with E-state index in [9.17, 15) is 4.79 Å². The van der Waals surface area contributed by atoms with Crippen LogP contribution in [0.4, 0.5) is 0 Å². The molecule has 0 radical (unpaired) electrons. The number of nitrogens with zero attached hydrogens (tertiary/aromatic N) is 2. The molecule has 172 valence electrons. The molecule has 1 aromatic heterocycles. The summed E-state index contributed by atoms with van der Waals surface area (Å²) >= 11 is 12.2. The van der Waals surface area contributed by atoms with Crippen molar-refractivity contribution in [3.8, 4) is 17.2 Å². The van der Waals surface area contributed by atoms with Crippen molar-refractivity contribution in [1.29, 1.82) is 0 Å². The Kier molecular flexibility index (Phi) is 7.52. The van der Waals surface area contributed by atoms with Gasteiger partial charge in [0.25, 0.3) is 5.91 Å². The van der Waals surface area contributed by atoms with Crippen LogP contribution in [0.5, 0.6) is 11.5 Å². The molecule has 4 rings (SSSR count). The minimum absolute atomic E-state index is 0.261. The van der Waals surface area contributed by atoms with Crippen LogP contribution in [0.1, 0.15) is 21.5 Å². The number of hydrogen-bond acceptors (Lipinski definition) is 4. The van der Waals surface area contributed by atoms with Crippen LogP contribution in [-0.4, -0.2) is 23.8 Å². The van der Waals surface area contributed by atoms with Gasteiger partial charge in [-0.25, -0.2) is 5.43 Å². The number of aromatic nitrogens is 1. The first kappa shape index (κ1) is 23.4. The van der Waals surface area contributed by atoms with Gasteiger partial charge >= 0.3 is 0 Å². The summed E-state index contributed by atoms with van der Waals surface area (Å²) in [6.45, 7) is 0.261. The van der Waals surface area contributed by atoms with E-state index in [1.54, 1.807) is 43.7 Å². The summed E-state index contributed by atoms with van der Waals surface area (Å²) in [7, 11) is 1.55. The van der Waals surface area contributed by atoms with E-state index in [0.29, 0.717) is 27.1 Å². The Morgan fingerprint density at radius 1 is 1.00 bits per heavy atom. The summed E-state index contributed by atoms with van der Waals surface area (Å²) in [6.07, 6.45) is 5.30. The first-order chi connectivity index (χ1) is 16.5. The van der Waals surface area contributed by atoms with Crippen LogP contribution in [0.25, 0.3) is 5.69 Å². The molecule has 3 aromatic carbocycles. The molecule has 0 saturated carbocycles. The van der Waals surface area contributed by atoms with E-state index in [2.05, 4.69) is 10.5 Å². The van der Waals surface area contributed by atoms with Crippen molar-refractivity contribution in [2.24, 2.45) is 5.10 Å². The molecule has 0 aliphatic heterocycles. The number of para-hydroxylation sites is 1. The number of ether oxygens (including phenoxy) is 2. The van der Waals surface area contributed by atoms with E-state index in [4.69, 9.17) is 32.7 Å². The second-order valence-corrected chi connectivity index (χ2v) is 8.08. The lowest BCUT2D eigenvalue weighted by molar-refractivity contribution is 0.0955. The summed E-state index contributed by atoms with van der Waals surface area (Å²) in [5.74, 6) is 0.765. The molecule has 0 saturated heterocycles. The number of amides is 1. The molecule has 1 heterocycles. The number of carbonyl (C=O) groups excluding carboxylic acids is 1. The number of halogens is 2. The highest BCUT2D eigenvalue weighted by Gasteiger charge is 2.11. The average molecular weight is 494 g/mol. The van der Waals surface area contributed by atoms with Gasteiger partial charge in [0.05, 0.1) is 24.6 Å². The molecule has 0 bridgehead atoms. The molecular formula is C26H21Cl2N3O3. The van der Waals surface area contributed by atoms with Crippen molar-refractivity contribution in [1.82, 2.24) is 9.99 Å². The third-order valence-corrected chi connectivity index (χ3v) is 5.58. The zero-order valence-electron chi connectivity index (χ0n) is 18.2. The largest absolute Gasteiger partial charge is 0.493 e. The molecule has 0 spiro atoms. The van der Waals surface area contributed by atoms with Crippen molar-refractivity contribution in [2.45, 2.75) is 6.61 Å². The molecule has 8 heteroatoms. The third-order valence-electron chi connectivity index (χ3n) is 5.00. The molecule has 1 amide bonds. The number of methoxy groups -OCH3 is 1. The maximum Gasteiger partial charge on any atom is 0.273 e. The van der Waals surface area contributed by atoms with E-state index >= 15 is 0 Å². The number of hydrogen-bond donors (Lipinski definition) is 1. The number of hydrazone groups is 1. The summed E-state index contributed by atoms with van der Waals surface area (Å²) in [6, 6.07) is 21.7. The first-order valence-corrected chi connectivity index (χ1v) is 11.1. The highest BCUT2D eigenvalue weighted by atomic mass is 35.5. The van der Waals surface area contributed by atoms with Gasteiger partial charge in [-0.05, 0) is 60.2 Å². The van der Waals surface area contributed by atoms with Crippen molar-refractivity contribution >= 4 is 35.3 Å². The normalized spacial score (nSPS) is 10.9. The Hall–Kier alpha value is -3.74. The highest BCUT2D eigenvalue weighted by molar-refractivity contribution is 6.35. The molecule has 6 nitrogen and oxygen atoms in total. The molecule has 34 heavy (non-hydrogen) atoms. The van der Waals surface area contributed by atoms with Crippen molar-refractivity contribution in [3.05, 3.63) is 112 Å². The highest BCUT2D eigenvalue weighted by Crippen LogP contribution is 2.30. The lowest BCUT2D eigenvalue weighted by Crippen LogP contribution is -2.19. The molecule has 4 aromatic rings. The van der Waals surface area contributed by atoms with E-state index in [-0.39, 0.29) is 12.5 Å². The minimum Gasteiger partial charge on any atom is -0.493 e. The molecule has 1 N–H and O–H groups in total. The molecular weight excluding hydrogens is 473 g/mol. The summed E-state index contributed by atoms with van der Waals surface area (Å²) in [4.78, 5) is 12.7. The van der Waals surface area contributed by atoms with Crippen molar-refractivity contribution in [2.75, 3.05) is 7.11 Å². The second kappa shape index (κ2) is 10.9. The standard InChI is InChI=1S/C26H21Cl2N3O3/c1-33-25-14-18(8-11-24(25)34-17-19-9-10-20(27)15-22(19)28)16-29-30-26(32)21-6-2-3-7-23(21)31-12-4-5-13-31/h2-16H,17H2,1H3,(H,30,32)/b29-16+. The topological polar surface area (TPSA) is 64.8 Å². The molecule has 0 aliphatic carbocycles. The number of nitrogens with one attached hydrogen (secondary N) is 1. The first-order valence-electron chi connectivity index (χ1n) is 10.4. The van der Waals surface area contributed by atoms with E-state index in [0.717, 1.165) is 16.8 Å². The van der Waals surface area contributed by atoms with Gasteiger partial charge in [-0.15, -0.1) is 0 Å². The average Bonchev–Trinajstić information content (AvgIpc) is 3.39. The minimum atomic E-state index is -0.313. The van der Waals surface area contributed by atoms with Crippen LogP contribution < -0.4 is 14.9 Å². The quantitative estimate of drug-likeness (QED) is 0.237. The maximum absolute atomic E-state index is 12.7. The maximum atomic E-state index is 12.7. The predicted octanol–water partition coefficient (Wildman–Crippen LogP) is 6.14. The van der Waals surface area contributed by atoms with Gasteiger partial charge in [-0.2, -0.15) is 5.10 Å². The van der Waals surface area contributed by atoms with Crippen LogP contribution >= 0.6 is 23.2 Å². The molecule has 0 fully saturated rings. The lowest BCUT2D eigenvalue weighted by Gasteiger charge is -2.12. The van der Waals surface area contributed by atoms with Crippen LogP contribution in [0.15, 0.2) is 90.3 Å². The van der Waals surface area contributed by atoms with E-state index in [1.807, 2.05) is 59.4 Å². The summed E-state index contributed by atoms with van der Waals surface area (Å²) in [5.41, 5.74) is 5.40. The fourth-order valence-corrected chi connectivity index (χ4v) is 3.75. The van der Waals surface area contributed by atoms with Gasteiger partial charge in [0.15, 0.2) is 11.5 Å². The van der Waals surface area contributed by atoms with E-state index < -0.39 is 0 Å². The van der Waals surface area contributed by atoms with Crippen LogP contribution in [0.2, 0.25) is 10.0 Å².